The number of hydrogen-bond acceptors (Lipinski definition) is 4. The Balaban J connectivity index is 1.86. The van der Waals surface area contributed by atoms with Crippen LogP contribution in [0.15, 0.2) is 30.6 Å². The summed E-state index contributed by atoms with van der Waals surface area (Å²) < 4.78 is 39.5. The SMILES string of the molecule is Cc1c(-c2n[nH]nc2C#N)ncn1Cc1ccc(C(F)(F)F)cc1. The fourth-order valence-corrected chi connectivity index (χ4v) is 2.31. The van der Waals surface area contributed by atoms with Crippen LogP contribution in [0.25, 0.3) is 11.4 Å². The Labute approximate surface area is 134 Å². The van der Waals surface area contributed by atoms with Crippen LogP contribution in [0.4, 0.5) is 13.2 Å². The van der Waals surface area contributed by atoms with Gasteiger partial charge < -0.3 is 4.57 Å². The molecular formula is C15H11F3N6. The Kier molecular flexibility index (Phi) is 3.81. The molecule has 0 saturated carbocycles. The van der Waals surface area contributed by atoms with Gasteiger partial charge in [0.05, 0.1) is 11.9 Å². The lowest BCUT2D eigenvalue weighted by atomic mass is 10.1. The van der Waals surface area contributed by atoms with Gasteiger partial charge in [-0.25, -0.2) is 4.98 Å². The van der Waals surface area contributed by atoms with Gasteiger partial charge in [0.25, 0.3) is 0 Å². The largest absolute Gasteiger partial charge is 0.416 e. The monoisotopic (exact) mass is 332 g/mol. The van der Waals surface area contributed by atoms with E-state index in [-0.39, 0.29) is 5.69 Å². The number of alkyl halides is 3. The number of nitrogens with zero attached hydrogens (tertiary/aromatic N) is 5. The number of aromatic amines is 1. The summed E-state index contributed by atoms with van der Waals surface area (Å²) in [5.41, 5.74) is 1.75. The zero-order valence-corrected chi connectivity index (χ0v) is 12.5. The van der Waals surface area contributed by atoms with Crippen LogP contribution in [0.3, 0.4) is 0 Å². The Morgan fingerprint density at radius 3 is 2.50 bits per heavy atom. The third kappa shape index (κ3) is 2.86. The number of H-pyrrole nitrogens is 1. The summed E-state index contributed by atoms with van der Waals surface area (Å²) in [6.07, 6.45) is -2.80. The summed E-state index contributed by atoms with van der Waals surface area (Å²) in [5, 5.41) is 19.0. The molecule has 1 N–H and O–H groups in total. The first-order valence-electron chi connectivity index (χ1n) is 6.89. The second-order valence-electron chi connectivity index (χ2n) is 5.13. The Hall–Kier alpha value is -3.15. The molecule has 0 unspecified atom stereocenters. The van der Waals surface area contributed by atoms with E-state index in [9.17, 15) is 13.2 Å². The molecule has 6 nitrogen and oxygen atoms in total. The maximum Gasteiger partial charge on any atom is 0.416 e. The molecule has 0 amide bonds. The lowest BCUT2D eigenvalue weighted by molar-refractivity contribution is -0.137. The highest BCUT2D eigenvalue weighted by Gasteiger charge is 2.29. The molecule has 0 aliphatic carbocycles. The second-order valence-corrected chi connectivity index (χ2v) is 5.13. The number of hydrogen-bond donors (Lipinski definition) is 1. The van der Waals surface area contributed by atoms with Crippen molar-refractivity contribution in [2.75, 3.05) is 0 Å². The van der Waals surface area contributed by atoms with Crippen molar-refractivity contribution in [3.63, 3.8) is 0 Å². The smallest absolute Gasteiger partial charge is 0.330 e. The molecule has 0 aliphatic heterocycles. The van der Waals surface area contributed by atoms with Gasteiger partial charge in [0.15, 0.2) is 11.4 Å². The second kappa shape index (κ2) is 5.81. The molecule has 0 atom stereocenters. The lowest BCUT2D eigenvalue weighted by Gasteiger charge is -2.09. The van der Waals surface area contributed by atoms with E-state index in [1.807, 2.05) is 6.07 Å². The van der Waals surface area contributed by atoms with Crippen molar-refractivity contribution in [1.82, 2.24) is 25.0 Å². The number of halogens is 3. The minimum Gasteiger partial charge on any atom is -0.330 e. The van der Waals surface area contributed by atoms with Gasteiger partial charge in [0.1, 0.15) is 11.8 Å². The predicted molar refractivity (Wildman–Crippen MR) is 77.6 cm³/mol. The Morgan fingerprint density at radius 1 is 1.17 bits per heavy atom. The first kappa shape index (κ1) is 15.7. The van der Waals surface area contributed by atoms with Crippen LogP contribution in [-0.2, 0) is 12.7 Å². The maximum atomic E-state index is 12.6. The first-order valence-corrected chi connectivity index (χ1v) is 6.89. The van der Waals surface area contributed by atoms with Crippen LogP contribution in [0, 0.1) is 18.3 Å². The van der Waals surface area contributed by atoms with E-state index >= 15 is 0 Å². The summed E-state index contributed by atoms with van der Waals surface area (Å²) >= 11 is 0. The fraction of sp³-hybridized carbons (Fsp3) is 0.200. The summed E-state index contributed by atoms with van der Waals surface area (Å²) in [5.74, 6) is 0. The van der Waals surface area contributed by atoms with Crippen LogP contribution in [0.2, 0.25) is 0 Å². The highest BCUT2D eigenvalue weighted by molar-refractivity contribution is 5.62. The molecule has 24 heavy (non-hydrogen) atoms. The molecule has 0 aliphatic rings. The third-order valence-electron chi connectivity index (χ3n) is 3.61. The van der Waals surface area contributed by atoms with Crippen LogP contribution in [-0.4, -0.2) is 25.0 Å². The molecule has 9 heteroatoms. The van der Waals surface area contributed by atoms with Crippen molar-refractivity contribution in [2.24, 2.45) is 0 Å². The van der Waals surface area contributed by atoms with Gasteiger partial charge in [-0.05, 0) is 24.6 Å². The minimum atomic E-state index is -4.35. The van der Waals surface area contributed by atoms with Crippen LogP contribution in [0.1, 0.15) is 22.5 Å². The normalized spacial score (nSPS) is 11.5. The first-order chi connectivity index (χ1) is 11.4. The van der Waals surface area contributed by atoms with Gasteiger partial charge in [0, 0.05) is 12.2 Å². The topological polar surface area (TPSA) is 83.2 Å². The summed E-state index contributed by atoms with van der Waals surface area (Å²) in [6, 6.07) is 6.88. The number of nitriles is 1. The number of aromatic nitrogens is 5. The van der Waals surface area contributed by atoms with Gasteiger partial charge in [-0.2, -0.15) is 28.7 Å². The van der Waals surface area contributed by atoms with E-state index in [0.717, 1.165) is 17.8 Å². The molecular weight excluding hydrogens is 321 g/mol. The zero-order chi connectivity index (χ0) is 17.3. The van der Waals surface area contributed by atoms with Crippen molar-refractivity contribution in [1.29, 1.82) is 5.26 Å². The predicted octanol–water partition coefficient (Wildman–Crippen LogP) is 2.92. The van der Waals surface area contributed by atoms with E-state index in [1.54, 1.807) is 17.8 Å². The summed E-state index contributed by atoms with van der Waals surface area (Å²) in [7, 11) is 0. The Bertz CT molecular complexity index is 899. The molecule has 1 aromatic carbocycles. The molecule has 0 bridgehead atoms. The maximum absolute atomic E-state index is 12.6. The molecule has 0 spiro atoms. The molecule has 2 heterocycles. The van der Waals surface area contributed by atoms with Gasteiger partial charge in [0.2, 0.25) is 0 Å². The quantitative estimate of drug-likeness (QED) is 0.799. The zero-order valence-electron chi connectivity index (χ0n) is 12.5. The lowest BCUT2D eigenvalue weighted by Crippen LogP contribution is -2.06. The average molecular weight is 332 g/mol. The Morgan fingerprint density at radius 2 is 1.88 bits per heavy atom. The van der Waals surface area contributed by atoms with Crippen LogP contribution < -0.4 is 0 Å². The number of nitrogens with one attached hydrogen (secondary N) is 1. The molecule has 2 aromatic heterocycles. The summed E-state index contributed by atoms with van der Waals surface area (Å²) in [4.78, 5) is 4.23. The summed E-state index contributed by atoms with van der Waals surface area (Å²) in [6.45, 7) is 2.15. The molecule has 122 valence electrons. The number of benzene rings is 1. The van der Waals surface area contributed by atoms with Gasteiger partial charge >= 0.3 is 6.18 Å². The van der Waals surface area contributed by atoms with E-state index in [0.29, 0.717) is 23.5 Å². The molecule has 0 fully saturated rings. The van der Waals surface area contributed by atoms with E-state index in [2.05, 4.69) is 20.4 Å². The highest BCUT2D eigenvalue weighted by Crippen LogP contribution is 2.29. The minimum absolute atomic E-state index is 0.137. The van der Waals surface area contributed by atoms with Crippen molar-refractivity contribution in [2.45, 2.75) is 19.6 Å². The van der Waals surface area contributed by atoms with E-state index < -0.39 is 11.7 Å². The van der Waals surface area contributed by atoms with Crippen LogP contribution in [0.5, 0.6) is 0 Å². The van der Waals surface area contributed by atoms with Crippen molar-refractivity contribution in [3.05, 3.63) is 53.1 Å². The van der Waals surface area contributed by atoms with E-state index in [4.69, 9.17) is 5.26 Å². The average Bonchev–Trinajstić information content (AvgIpc) is 3.14. The van der Waals surface area contributed by atoms with Gasteiger partial charge in [-0.3, -0.25) is 0 Å². The van der Waals surface area contributed by atoms with Crippen molar-refractivity contribution >= 4 is 0 Å². The van der Waals surface area contributed by atoms with E-state index in [1.165, 1.54) is 12.1 Å². The number of rotatable bonds is 3. The fourth-order valence-electron chi connectivity index (χ4n) is 2.31. The molecule has 0 saturated heterocycles. The van der Waals surface area contributed by atoms with Crippen LogP contribution >= 0.6 is 0 Å². The standard InChI is InChI=1S/C15H11F3N6/c1-9-13(14-12(6-19)21-23-22-14)20-8-24(9)7-10-2-4-11(5-3-10)15(16,17)18/h2-5,8H,7H2,1H3,(H,21,22,23). The van der Waals surface area contributed by atoms with Crippen molar-refractivity contribution < 1.29 is 13.2 Å². The molecule has 3 aromatic rings. The van der Waals surface area contributed by atoms with Gasteiger partial charge in [-0.15, -0.1) is 5.10 Å². The molecule has 0 radical (unpaired) electrons. The van der Waals surface area contributed by atoms with Gasteiger partial charge in [-0.1, -0.05) is 12.1 Å². The number of imidazole rings is 1. The highest BCUT2D eigenvalue weighted by atomic mass is 19.4. The molecule has 3 rings (SSSR count). The van der Waals surface area contributed by atoms with Crippen molar-refractivity contribution in [3.8, 4) is 17.5 Å². The third-order valence-corrected chi connectivity index (χ3v) is 3.61.